The van der Waals surface area contributed by atoms with Crippen molar-refractivity contribution in [2.24, 2.45) is 0 Å². The van der Waals surface area contributed by atoms with Crippen LogP contribution in [0.25, 0.3) is 22.8 Å². The van der Waals surface area contributed by atoms with Gasteiger partial charge in [-0.2, -0.15) is 4.98 Å². The summed E-state index contributed by atoms with van der Waals surface area (Å²) in [5.74, 6) is -0.235. The molecule has 1 aromatic heterocycles. The van der Waals surface area contributed by atoms with Crippen molar-refractivity contribution in [3.8, 4) is 28.6 Å². The van der Waals surface area contributed by atoms with Gasteiger partial charge in [0, 0.05) is 5.56 Å². The largest absolute Gasteiger partial charge is 0.508 e. The number of nitrogens with zero attached hydrogens (tertiary/aromatic N) is 2. The average Bonchev–Trinajstić information content (AvgIpc) is 2.91. The summed E-state index contributed by atoms with van der Waals surface area (Å²) in [5, 5.41) is 13.2. The molecule has 0 aliphatic carbocycles. The Labute approximate surface area is 118 Å². The Morgan fingerprint density at radius 1 is 1.15 bits per heavy atom. The van der Waals surface area contributed by atoms with Crippen LogP contribution in [0.1, 0.15) is 0 Å². The van der Waals surface area contributed by atoms with Gasteiger partial charge in [0.15, 0.2) is 5.82 Å². The van der Waals surface area contributed by atoms with Gasteiger partial charge in [-0.25, -0.2) is 4.39 Å². The molecule has 2 aromatic carbocycles. The Morgan fingerprint density at radius 2 is 1.95 bits per heavy atom. The molecule has 3 rings (SSSR count). The first-order valence-corrected chi connectivity index (χ1v) is 6.10. The molecule has 0 unspecified atom stereocenters. The predicted molar refractivity (Wildman–Crippen MR) is 71.8 cm³/mol. The molecular formula is C14H8ClFN2O2. The highest BCUT2D eigenvalue weighted by Crippen LogP contribution is 2.28. The van der Waals surface area contributed by atoms with Gasteiger partial charge < -0.3 is 9.63 Å². The fraction of sp³-hybridized carbons (Fsp3) is 0. The molecule has 0 radical (unpaired) electrons. The molecule has 1 N–H and O–H groups in total. The third-order valence-corrected chi connectivity index (χ3v) is 3.00. The van der Waals surface area contributed by atoms with E-state index in [1.165, 1.54) is 24.3 Å². The van der Waals surface area contributed by atoms with Crippen molar-refractivity contribution in [3.05, 3.63) is 53.3 Å². The lowest BCUT2D eigenvalue weighted by Gasteiger charge is -1.98. The van der Waals surface area contributed by atoms with Gasteiger partial charge in [0.25, 0.3) is 5.89 Å². The first kappa shape index (κ1) is 12.6. The summed E-state index contributed by atoms with van der Waals surface area (Å²) in [6.07, 6.45) is 0. The minimum Gasteiger partial charge on any atom is -0.508 e. The summed E-state index contributed by atoms with van der Waals surface area (Å²) >= 11 is 5.71. The minimum atomic E-state index is -0.611. The molecule has 4 nitrogen and oxygen atoms in total. The van der Waals surface area contributed by atoms with Crippen LogP contribution in [0.2, 0.25) is 5.02 Å². The zero-order valence-corrected chi connectivity index (χ0v) is 10.8. The molecule has 0 aliphatic heterocycles. The number of hydrogen-bond acceptors (Lipinski definition) is 4. The van der Waals surface area contributed by atoms with Crippen molar-refractivity contribution in [3.63, 3.8) is 0 Å². The molecule has 100 valence electrons. The molecule has 0 atom stereocenters. The van der Waals surface area contributed by atoms with E-state index in [0.717, 1.165) is 0 Å². The van der Waals surface area contributed by atoms with E-state index in [1.807, 2.05) is 0 Å². The van der Waals surface area contributed by atoms with Crippen LogP contribution < -0.4 is 0 Å². The molecule has 0 amide bonds. The van der Waals surface area contributed by atoms with Gasteiger partial charge in [-0.1, -0.05) is 35.0 Å². The lowest BCUT2D eigenvalue weighted by atomic mass is 10.2. The zero-order valence-electron chi connectivity index (χ0n) is 10.0. The second-order valence-electron chi connectivity index (χ2n) is 4.07. The fourth-order valence-corrected chi connectivity index (χ4v) is 1.94. The molecule has 1 heterocycles. The van der Waals surface area contributed by atoms with E-state index in [2.05, 4.69) is 10.1 Å². The van der Waals surface area contributed by atoms with E-state index < -0.39 is 5.82 Å². The van der Waals surface area contributed by atoms with Crippen molar-refractivity contribution >= 4 is 11.6 Å². The van der Waals surface area contributed by atoms with Gasteiger partial charge in [0.2, 0.25) is 5.82 Å². The number of rotatable bonds is 2. The smallest absolute Gasteiger partial charge is 0.261 e. The molecule has 0 fully saturated rings. The topological polar surface area (TPSA) is 59.2 Å². The van der Waals surface area contributed by atoms with E-state index in [9.17, 15) is 9.50 Å². The molecule has 3 aromatic rings. The van der Waals surface area contributed by atoms with Gasteiger partial charge >= 0.3 is 0 Å². The Hall–Kier alpha value is -2.40. The van der Waals surface area contributed by atoms with Crippen LogP contribution in [-0.2, 0) is 0 Å². The summed E-state index contributed by atoms with van der Waals surface area (Å²) < 4.78 is 18.9. The van der Waals surface area contributed by atoms with E-state index in [0.29, 0.717) is 5.56 Å². The van der Waals surface area contributed by atoms with Crippen molar-refractivity contribution in [1.82, 2.24) is 10.1 Å². The predicted octanol–water partition coefficient (Wildman–Crippen LogP) is 3.90. The maximum atomic E-state index is 13.9. The number of halogens is 2. The van der Waals surface area contributed by atoms with Crippen molar-refractivity contribution in [2.45, 2.75) is 0 Å². The summed E-state index contributed by atoms with van der Waals surface area (Å²) in [6, 6.07) is 10.9. The van der Waals surface area contributed by atoms with Crippen molar-refractivity contribution in [1.29, 1.82) is 0 Å². The van der Waals surface area contributed by atoms with Crippen LogP contribution in [0.15, 0.2) is 47.0 Å². The van der Waals surface area contributed by atoms with E-state index >= 15 is 0 Å². The monoisotopic (exact) mass is 290 g/mol. The Morgan fingerprint density at radius 3 is 2.75 bits per heavy atom. The molecule has 0 spiro atoms. The van der Waals surface area contributed by atoms with E-state index in [-0.39, 0.29) is 28.1 Å². The van der Waals surface area contributed by atoms with Crippen LogP contribution in [0.3, 0.4) is 0 Å². The standard InChI is InChI=1S/C14H8ClFN2O2/c15-11-6-2-5-10(12(11)16)14-17-13(18-20-14)8-3-1-4-9(19)7-8/h1-7,19H. The van der Waals surface area contributed by atoms with Crippen LogP contribution in [0.5, 0.6) is 5.75 Å². The summed E-state index contributed by atoms with van der Waals surface area (Å²) in [5.41, 5.74) is 0.707. The number of phenolic OH excluding ortho intramolecular Hbond substituents is 1. The second kappa shape index (κ2) is 4.94. The van der Waals surface area contributed by atoms with Gasteiger partial charge in [0.1, 0.15) is 5.75 Å². The summed E-state index contributed by atoms with van der Waals surface area (Å²) in [6.45, 7) is 0. The lowest BCUT2D eigenvalue weighted by Crippen LogP contribution is -1.86. The lowest BCUT2D eigenvalue weighted by molar-refractivity contribution is 0.429. The summed E-state index contributed by atoms with van der Waals surface area (Å²) in [7, 11) is 0. The first-order chi connectivity index (χ1) is 9.65. The fourth-order valence-electron chi connectivity index (χ4n) is 1.76. The number of phenols is 1. The Balaban J connectivity index is 2.04. The van der Waals surface area contributed by atoms with E-state index in [1.54, 1.807) is 18.2 Å². The highest BCUT2D eigenvalue weighted by molar-refractivity contribution is 6.31. The Bertz CT molecular complexity index is 773. The van der Waals surface area contributed by atoms with E-state index in [4.69, 9.17) is 16.1 Å². The quantitative estimate of drug-likeness (QED) is 0.777. The minimum absolute atomic E-state index is 0.0143. The molecule has 20 heavy (non-hydrogen) atoms. The van der Waals surface area contributed by atoms with Crippen LogP contribution in [0.4, 0.5) is 4.39 Å². The highest BCUT2D eigenvalue weighted by Gasteiger charge is 2.16. The first-order valence-electron chi connectivity index (χ1n) is 5.72. The van der Waals surface area contributed by atoms with Gasteiger partial charge in [0.05, 0.1) is 10.6 Å². The second-order valence-corrected chi connectivity index (χ2v) is 4.48. The third kappa shape index (κ3) is 2.23. The number of aromatic hydroxyl groups is 1. The molecule has 0 aliphatic rings. The molecule has 6 heteroatoms. The van der Waals surface area contributed by atoms with Crippen molar-refractivity contribution < 1.29 is 14.0 Å². The number of benzene rings is 2. The maximum absolute atomic E-state index is 13.9. The van der Waals surface area contributed by atoms with Crippen LogP contribution in [-0.4, -0.2) is 15.2 Å². The molecule has 0 saturated heterocycles. The number of hydrogen-bond donors (Lipinski definition) is 1. The third-order valence-electron chi connectivity index (χ3n) is 2.71. The SMILES string of the molecule is Oc1cccc(-c2noc(-c3cccc(Cl)c3F)n2)c1. The van der Waals surface area contributed by atoms with Crippen LogP contribution >= 0.6 is 11.6 Å². The average molecular weight is 291 g/mol. The molecular weight excluding hydrogens is 283 g/mol. The maximum Gasteiger partial charge on any atom is 0.261 e. The van der Waals surface area contributed by atoms with Gasteiger partial charge in [-0.3, -0.25) is 0 Å². The molecule has 0 saturated carbocycles. The summed E-state index contributed by atoms with van der Waals surface area (Å²) in [4.78, 5) is 4.11. The Kier molecular flexibility index (Phi) is 3.12. The normalized spacial score (nSPS) is 10.7. The zero-order chi connectivity index (χ0) is 14.1. The van der Waals surface area contributed by atoms with Crippen LogP contribution in [0, 0.1) is 5.82 Å². The van der Waals surface area contributed by atoms with Gasteiger partial charge in [-0.15, -0.1) is 0 Å². The number of aromatic nitrogens is 2. The molecule has 0 bridgehead atoms. The van der Waals surface area contributed by atoms with Crippen molar-refractivity contribution in [2.75, 3.05) is 0 Å². The van der Waals surface area contributed by atoms with Gasteiger partial charge in [-0.05, 0) is 24.3 Å². The highest BCUT2D eigenvalue weighted by atomic mass is 35.5.